The van der Waals surface area contributed by atoms with Crippen molar-refractivity contribution in [2.45, 2.75) is 17.7 Å². The summed E-state index contributed by atoms with van der Waals surface area (Å²) in [6.07, 6.45) is 1.93. The number of benzene rings is 2. The molecule has 26 heavy (non-hydrogen) atoms. The predicted molar refractivity (Wildman–Crippen MR) is 102 cm³/mol. The first-order chi connectivity index (χ1) is 12.4. The van der Waals surface area contributed by atoms with Crippen molar-refractivity contribution < 1.29 is 14.0 Å². The maximum atomic E-state index is 14.0. The largest absolute Gasteiger partial charge is 0.344 e. The van der Waals surface area contributed by atoms with E-state index in [1.165, 1.54) is 22.7 Å². The van der Waals surface area contributed by atoms with Crippen LogP contribution in [0.15, 0.2) is 47.4 Å². The van der Waals surface area contributed by atoms with Gasteiger partial charge in [-0.3, -0.25) is 9.59 Å². The average Bonchev–Trinajstić information content (AvgIpc) is 2.93. The van der Waals surface area contributed by atoms with E-state index in [9.17, 15) is 14.0 Å². The molecule has 0 aromatic heterocycles. The Morgan fingerprint density at radius 3 is 2.69 bits per heavy atom. The van der Waals surface area contributed by atoms with E-state index in [2.05, 4.69) is 5.32 Å². The fourth-order valence-electron chi connectivity index (χ4n) is 3.29. The zero-order chi connectivity index (χ0) is 18.8. The number of carbonyl (C=O) groups is 2. The Hall–Kier alpha value is -2.34. The molecular weight excluding hydrogens is 351 g/mol. The quantitative estimate of drug-likeness (QED) is 0.658. The number of likely N-dealkylation sites (N-methyl/N-ethyl adjacent to an activating group) is 1. The van der Waals surface area contributed by atoms with E-state index in [4.69, 9.17) is 0 Å². The summed E-state index contributed by atoms with van der Waals surface area (Å²) in [6.45, 7) is 2.08. The molecular formula is C20H21FN2O2S. The SMILES string of the molecule is CSc1ccccc1NC(=O)[C@H]1C(=O)N(C)C[C@@H]1c1ccc(C)c(F)c1. The number of amides is 2. The summed E-state index contributed by atoms with van der Waals surface area (Å²) in [4.78, 5) is 28.0. The summed E-state index contributed by atoms with van der Waals surface area (Å²) in [6, 6.07) is 12.4. The van der Waals surface area contributed by atoms with E-state index < -0.39 is 5.92 Å². The first-order valence-electron chi connectivity index (χ1n) is 8.37. The third kappa shape index (κ3) is 3.46. The van der Waals surface area contributed by atoms with Crippen molar-refractivity contribution >= 4 is 29.3 Å². The van der Waals surface area contributed by atoms with Gasteiger partial charge in [0.15, 0.2) is 0 Å². The molecule has 0 unspecified atom stereocenters. The summed E-state index contributed by atoms with van der Waals surface area (Å²) < 4.78 is 14.0. The third-order valence-corrected chi connectivity index (χ3v) is 5.58. The van der Waals surface area contributed by atoms with Crippen LogP contribution in [-0.4, -0.2) is 36.6 Å². The molecule has 136 valence electrons. The molecule has 1 fully saturated rings. The van der Waals surface area contributed by atoms with Gasteiger partial charge in [0.1, 0.15) is 11.7 Å². The van der Waals surface area contributed by atoms with Crippen LogP contribution in [-0.2, 0) is 9.59 Å². The molecule has 2 amide bonds. The van der Waals surface area contributed by atoms with E-state index >= 15 is 0 Å². The van der Waals surface area contributed by atoms with Crippen LogP contribution in [0.1, 0.15) is 17.0 Å². The standard InChI is InChI=1S/C20H21FN2O2S/c1-12-8-9-13(10-15(12)21)14-11-23(2)20(25)18(14)19(24)22-16-6-4-5-7-17(16)26-3/h4-10,14,18H,11H2,1-3H3,(H,22,24)/t14-,18+/m1/s1. The van der Waals surface area contributed by atoms with Gasteiger partial charge in [0, 0.05) is 24.4 Å². The number of para-hydroxylation sites is 1. The minimum Gasteiger partial charge on any atom is -0.344 e. The number of aryl methyl sites for hydroxylation is 1. The highest BCUT2D eigenvalue weighted by Crippen LogP contribution is 2.35. The number of nitrogens with zero attached hydrogens (tertiary/aromatic N) is 1. The minimum atomic E-state index is -0.864. The molecule has 1 saturated heterocycles. The van der Waals surface area contributed by atoms with Crippen molar-refractivity contribution in [1.82, 2.24) is 4.90 Å². The van der Waals surface area contributed by atoms with Crippen LogP contribution in [0.2, 0.25) is 0 Å². The molecule has 0 radical (unpaired) electrons. The number of nitrogens with one attached hydrogen (secondary N) is 1. The van der Waals surface area contributed by atoms with E-state index in [0.717, 1.165) is 4.90 Å². The molecule has 1 heterocycles. The molecule has 2 atom stereocenters. The van der Waals surface area contributed by atoms with Gasteiger partial charge < -0.3 is 10.2 Å². The highest BCUT2D eigenvalue weighted by atomic mass is 32.2. The summed E-state index contributed by atoms with van der Waals surface area (Å²) in [5.41, 5.74) is 1.90. The second-order valence-electron chi connectivity index (χ2n) is 6.50. The number of carbonyl (C=O) groups excluding carboxylic acids is 2. The lowest BCUT2D eigenvalue weighted by molar-refractivity contribution is -0.135. The first-order valence-corrected chi connectivity index (χ1v) is 9.59. The fraction of sp³-hybridized carbons (Fsp3) is 0.300. The van der Waals surface area contributed by atoms with E-state index in [1.54, 1.807) is 26.1 Å². The van der Waals surface area contributed by atoms with Gasteiger partial charge in [-0.1, -0.05) is 24.3 Å². The van der Waals surface area contributed by atoms with E-state index in [0.29, 0.717) is 23.4 Å². The van der Waals surface area contributed by atoms with Gasteiger partial charge >= 0.3 is 0 Å². The van der Waals surface area contributed by atoms with Gasteiger partial charge in [0.25, 0.3) is 0 Å². The molecule has 0 aliphatic carbocycles. The van der Waals surface area contributed by atoms with Crippen LogP contribution in [0.4, 0.5) is 10.1 Å². The number of anilines is 1. The van der Waals surface area contributed by atoms with Gasteiger partial charge in [-0.2, -0.15) is 0 Å². The zero-order valence-electron chi connectivity index (χ0n) is 15.0. The first kappa shape index (κ1) is 18.5. The summed E-state index contributed by atoms with van der Waals surface area (Å²) >= 11 is 1.52. The number of likely N-dealkylation sites (tertiary alicyclic amines) is 1. The van der Waals surface area contributed by atoms with Crippen molar-refractivity contribution in [2.24, 2.45) is 5.92 Å². The highest BCUT2D eigenvalue weighted by molar-refractivity contribution is 7.98. The molecule has 1 aliphatic heterocycles. The van der Waals surface area contributed by atoms with E-state index in [-0.39, 0.29) is 23.5 Å². The van der Waals surface area contributed by atoms with Crippen molar-refractivity contribution in [3.63, 3.8) is 0 Å². The Kier molecular flexibility index (Phi) is 5.32. The number of thioether (sulfide) groups is 1. The maximum Gasteiger partial charge on any atom is 0.237 e. The maximum absolute atomic E-state index is 14.0. The van der Waals surface area contributed by atoms with Crippen LogP contribution >= 0.6 is 11.8 Å². The zero-order valence-corrected chi connectivity index (χ0v) is 15.8. The fourth-order valence-corrected chi connectivity index (χ4v) is 3.84. The Bertz CT molecular complexity index is 855. The van der Waals surface area contributed by atoms with Gasteiger partial charge in [-0.25, -0.2) is 4.39 Å². The summed E-state index contributed by atoms with van der Waals surface area (Å²) in [5, 5.41) is 2.88. The monoisotopic (exact) mass is 372 g/mol. The normalized spacial score (nSPS) is 19.7. The smallest absolute Gasteiger partial charge is 0.237 e. The number of hydrogen-bond acceptors (Lipinski definition) is 3. The Balaban J connectivity index is 1.90. The summed E-state index contributed by atoms with van der Waals surface area (Å²) in [7, 11) is 1.67. The highest BCUT2D eigenvalue weighted by Gasteiger charge is 2.44. The molecule has 2 aromatic carbocycles. The Morgan fingerprint density at radius 2 is 2.00 bits per heavy atom. The molecule has 0 bridgehead atoms. The average molecular weight is 372 g/mol. The van der Waals surface area contributed by atoms with Crippen molar-refractivity contribution in [1.29, 1.82) is 0 Å². The number of rotatable bonds is 4. The lowest BCUT2D eigenvalue weighted by Gasteiger charge is -2.18. The molecule has 4 nitrogen and oxygen atoms in total. The molecule has 3 rings (SSSR count). The Labute approximate surface area is 156 Å². The minimum absolute atomic E-state index is 0.241. The van der Waals surface area contributed by atoms with E-state index in [1.807, 2.05) is 30.5 Å². The molecule has 1 N–H and O–H groups in total. The molecule has 0 spiro atoms. The topological polar surface area (TPSA) is 49.4 Å². The third-order valence-electron chi connectivity index (χ3n) is 4.79. The molecule has 2 aromatic rings. The number of halogens is 1. The van der Waals surface area contributed by atoms with Crippen molar-refractivity contribution in [3.05, 3.63) is 59.4 Å². The molecule has 1 aliphatic rings. The Morgan fingerprint density at radius 1 is 1.27 bits per heavy atom. The molecule has 0 saturated carbocycles. The predicted octanol–water partition coefficient (Wildman–Crippen LogP) is 3.67. The van der Waals surface area contributed by atoms with Gasteiger partial charge in [-0.05, 0) is 42.5 Å². The van der Waals surface area contributed by atoms with Crippen LogP contribution in [0.25, 0.3) is 0 Å². The number of hydrogen-bond donors (Lipinski definition) is 1. The van der Waals surface area contributed by atoms with Crippen LogP contribution in [0, 0.1) is 18.7 Å². The van der Waals surface area contributed by atoms with Crippen LogP contribution in [0.3, 0.4) is 0 Å². The van der Waals surface area contributed by atoms with Crippen molar-refractivity contribution in [2.75, 3.05) is 25.2 Å². The van der Waals surface area contributed by atoms with Gasteiger partial charge in [-0.15, -0.1) is 11.8 Å². The van der Waals surface area contributed by atoms with Gasteiger partial charge in [0.05, 0.1) is 5.69 Å². The van der Waals surface area contributed by atoms with Crippen LogP contribution in [0.5, 0.6) is 0 Å². The lowest BCUT2D eigenvalue weighted by Crippen LogP contribution is -2.32. The van der Waals surface area contributed by atoms with Gasteiger partial charge in [0.2, 0.25) is 11.8 Å². The van der Waals surface area contributed by atoms with Crippen LogP contribution < -0.4 is 5.32 Å². The second kappa shape index (κ2) is 7.50. The van der Waals surface area contributed by atoms with Crippen molar-refractivity contribution in [3.8, 4) is 0 Å². The second-order valence-corrected chi connectivity index (χ2v) is 7.35. The molecule has 6 heteroatoms. The lowest BCUT2D eigenvalue weighted by atomic mass is 9.87. The summed E-state index contributed by atoms with van der Waals surface area (Å²) in [5.74, 6) is -2.15.